The smallest absolute Gasteiger partial charge is 0.157 e. The Labute approximate surface area is 180 Å². The van der Waals surface area contributed by atoms with Gasteiger partial charge in [0.25, 0.3) is 0 Å². The number of aliphatic hydroxyl groups is 2. The molecule has 30 heavy (non-hydrogen) atoms. The third-order valence-electron chi connectivity index (χ3n) is 10.2. The molecule has 5 nitrogen and oxygen atoms in total. The van der Waals surface area contributed by atoms with Gasteiger partial charge in [0.1, 0.15) is 0 Å². The highest BCUT2D eigenvalue weighted by atomic mass is 16.3. The van der Waals surface area contributed by atoms with Crippen molar-refractivity contribution < 1.29 is 15.0 Å². The third-order valence-corrected chi connectivity index (χ3v) is 10.2. The molecule has 1 unspecified atom stereocenters. The van der Waals surface area contributed by atoms with Gasteiger partial charge in [-0.15, -0.1) is 0 Å². The second kappa shape index (κ2) is 7.16. The molecule has 1 aromatic heterocycles. The van der Waals surface area contributed by atoms with Gasteiger partial charge in [-0.1, -0.05) is 6.92 Å². The van der Waals surface area contributed by atoms with Crippen LogP contribution < -0.4 is 0 Å². The zero-order chi connectivity index (χ0) is 21.1. The second-order valence-electron chi connectivity index (χ2n) is 11.6. The van der Waals surface area contributed by atoms with Crippen molar-refractivity contribution in [2.45, 2.75) is 83.8 Å². The SMILES string of the molecule is C[C@@]1(O)CCC2(CO)[C@@H](CC[C@@H]3[C@@H]2CC[C@]2(C)[C@@H](C(=O)Cn4cccn4)CC[C@@H]32)C1. The standard InChI is InChI=1S/C25H38N2O3/c1-23(30)10-11-25(16-28)17(14-23)4-5-18-19-6-7-21(24(19,2)9-8-20(18)25)22(29)15-27-13-3-12-26-27/h3,12-13,17-21,28,30H,4-11,14-16H2,1-2H3/t17-,18-,19-,20-,21+,23+,24-,25?/m0/s1. The van der Waals surface area contributed by atoms with E-state index in [1.807, 2.05) is 19.2 Å². The summed E-state index contributed by atoms with van der Waals surface area (Å²) in [4.78, 5) is 13.2. The molecular weight excluding hydrogens is 376 g/mol. The van der Waals surface area contributed by atoms with Gasteiger partial charge >= 0.3 is 0 Å². The molecule has 8 atom stereocenters. The summed E-state index contributed by atoms with van der Waals surface area (Å²) in [6.07, 6.45) is 12.9. The van der Waals surface area contributed by atoms with Crippen molar-refractivity contribution in [1.82, 2.24) is 9.78 Å². The highest BCUT2D eigenvalue weighted by molar-refractivity contribution is 5.82. The number of carbonyl (C=O) groups is 1. The van der Waals surface area contributed by atoms with Crippen LogP contribution in [0.5, 0.6) is 0 Å². The fourth-order valence-electron chi connectivity index (χ4n) is 8.74. The number of carbonyl (C=O) groups excluding carboxylic acids is 1. The lowest BCUT2D eigenvalue weighted by Gasteiger charge is -2.62. The van der Waals surface area contributed by atoms with Crippen LogP contribution in [-0.4, -0.2) is 38.0 Å². The van der Waals surface area contributed by atoms with E-state index in [1.165, 1.54) is 6.42 Å². The Bertz CT molecular complexity index is 790. The first-order chi connectivity index (χ1) is 14.3. The fourth-order valence-corrected chi connectivity index (χ4v) is 8.74. The number of hydrogen-bond acceptors (Lipinski definition) is 4. The number of rotatable bonds is 4. The van der Waals surface area contributed by atoms with E-state index >= 15 is 0 Å². The van der Waals surface area contributed by atoms with Gasteiger partial charge in [-0.2, -0.15) is 5.10 Å². The predicted molar refractivity (Wildman–Crippen MR) is 114 cm³/mol. The van der Waals surface area contributed by atoms with Crippen LogP contribution >= 0.6 is 0 Å². The van der Waals surface area contributed by atoms with Crippen LogP contribution in [0.15, 0.2) is 18.5 Å². The molecular formula is C25H38N2O3. The maximum atomic E-state index is 13.2. The zero-order valence-electron chi connectivity index (χ0n) is 18.6. The maximum Gasteiger partial charge on any atom is 0.157 e. The van der Waals surface area contributed by atoms with Crippen LogP contribution in [0, 0.1) is 40.4 Å². The number of hydrogen-bond donors (Lipinski definition) is 2. The highest BCUT2D eigenvalue weighted by Gasteiger charge is 2.62. The minimum atomic E-state index is -0.573. The summed E-state index contributed by atoms with van der Waals surface area (Å²) in [5.74, 6) is 2.70. The van der Waals surface area contributed by atoms with Gasteiger partial charge in [-0.05, 0) is 105 Å². The lowest BCUT2D eigenvalue weighted by atomic mass is 9.43. The van der Waals surface area contributed by atoms with Crippen molar-refractivity contribution in [2.24, 2.45) is 40.4 Å². The molecule has 0 amide bonds. The Morgan fingerprint density at radius 1 is 1.10 bits per heavy atom. The molecule has 5 heteroatoms. The molecule has 0 radical (unpaired) electrons. The molecule has 1 aromatic rings. The van der Waals surface area contributed by atoms with Crippen LogP contribution in [0.3, 0.4) is 0 Å². The number of nitrogens with zero attached hydrogens (tertiary/aromatic N) is 2. The van der Waals surface area contributed by atoms with Crippen LogP contribution in [0.4, 0.5) is 0 Å². The summed E-state index contributed by atoms with van der Waals surface area (Å²) < 4.78 is 1.77. The van der Waals surface area contributed by atoms with Gasteiger partial charge in [-0.25, -0.2) is 0 Å². The topological polar surface area (TPSA) is 75.3 Å². The maximum absolute atomic E-state index is 13.2. The quantitative estimate of drug-likeness (QED) is 0.785. The summed E-state index contributed by atoms with van der Waals surface area (Å²) in [5, 5.41) is 25.6. The molecule has 0 aromatic carbocycles. The summed E-state index contributed by atoms with van der Waals surface area (Å²) in [6, 6.07) is 1.88. The first-order valence-corrected chi connectivity index (χ1v) is 12.1. The van der Waals surface area contributed by atoms with E-state index in [0.717, 1.165) is 51.4 Å². The van der Waals surface area contributed by atoms with Gasteiger partial charge < -0.3 is 10.2 Å². The molecule has 0 saturated heterocycles. The molecule has 1 heterocycles. The van der Waals surface area contributed by atoms with E-state index in [4.69, 9.17) is 0 Å². The molecule has 5 rings (SSSR count). The summed E-state index contributed by atoms with van der Waals surface area (Å²) in [6.45, 7) is 5.02. The van der Waals surface area contributed by atoms with Gasteiger partial charge in [0.2, 0.25) is 0 Å². The molecule has 0 bridgehead atoms. The normalized spacial score (nSPS) is 47.9. The summed E-state index contributed by atoms with van der Waals surface area (Å²) in [7, 11) is 0. The van der Waals surface area contributed by atoms with Crippen LogP contribution in [0.2, 0.25) is 0 Å². The molecule has 4 aliphatic rings. The van der Waals surface area contributed by atoms with E-state index in [1.54, 1.807) is 10.9 Å². The molecule has 4 saturated carbocycles. The third kappa shape index (κ3) is 3.02. The van der Waals surface area contributed by atoms with Crippen molar-refractivity contribution in [3.8, 4) is 0 Å². The lowest BCUT2D eigenvalue weighted by molar-refractivity contribution is -0.171. The second-order valence-corrected chi connectivity index (χ2v) is 11.6. The van der Waals surface area contributed by atoms with E-state index in [9.17, 15) is 15.0 Å². The number of Topliss-reactive ketones (excluding diaryl/α,β-unsaturated/α-hetero) is 1. The van der Waals surface area contributed by atoms with Gasteiger partial charge in [0.15, 0.2) is 5.78 Å². The van der Waals surface area contributed by atoms with Crippen molar-refractivity contribution in [1.29, 1.82) is 0 Å². The first kappa shape index (κ1) is 20.7. The monoisotopic (exact) mass is 414 g/mol. The van der Waals surface area contributed by atoms with E-state index < -0.39 is 5.60 Å². The summed E-state index contributed by atoms with van der Waals surface area (Å²) in [5.41, 5.74) is -0.491. The number of aromatic nitrogens is 2. The van der Waals surface area contributed by atoms with Gasteiger partial charge in [0.05, 0.1) is 12.1 Å². The minimum Gasteiger partial charge on any atom is -0.396 e. The Morgan fingerprint density at radius 3 is 2.67 bits per heavy atom. The van der Waals surface area contributed by atoms with Gasteiger partial charge in [0, 0.05) is 24.9 Å². The zero-order valence-corrected chi connectivity index (χ0v) is 18.6. The average Bonchev–Trinajstić information content (AvgIpc) is 3.34. The highest BCUT2D eigenvalue weighted by Crippen LogP contribution is 2.68. The molecule has 4 fully saturated rings. The van der Waals surface area contributed by atoms with Crippen LogP contribution in [0.25, 0.3) is 0 Å². The van der Waals surface area contributed by atoms with Crippen LogP contribution in [0.1, 0.15) is 71.6 Å². The molecule has 166 valence electrons. The molecule has 0 aliphatic heterocycles. The lowest BCUT2D eigenvalue weighted by Crippen LogP contribution is -2.58. The van der Waals surface area contributed by atoms with Crippen molar-refractivity contribution >= 4 is 5.78 Å². The summed E-state index contributed by atoms with van der Waals surface area (Å²) >= 11 is 0. The molecule has 4 aliphatic carbocycles. The predicted octanol–water partition coefficient (Wildman–Crippen LogP) is 3.83. The number of aliphatic hydroxyl groups excluding tert-OH is 1. The van der Waals surface area contributed by atoms with Crippen molar-refractivity contribution in [3.05, 3.63) is 18.5 Å². The Hall–Kier alpha value is -1.20. The molecule has 2 N–H and O–H groups in total. The Morgan fingerprint density at radius 2 is 1.93 bits per heavy atom. The van der Waals surface area contributed by atoms with E-state index in [2.05, 4.69) is 12.0 Å². The number of ketones is 1. The molecule has 0 spiro atoms. The average molecular weight is 415 g/mol. The largest absolute Gasteiger partial charge is 0.396 e. The van der Waals surface area contributed by atoms with Crippen molar-refractivity contribution in [3.63, 3.8) is 0 Å². The fraction of sp³-hybridized carbons (Fsp3) is 0.840. The Kier molecular flexibility index (Phi) is 4.94. The number of fused-ring (bicyclic) bond motifs is 5. The van der Waals surface area contributed by atoms with E-state index in [-0.39, 0.29) is 23.4 Å². The van der Waals surface area contributed by atoms with E-state index in [0.29, 0.717) is 36.0 Å². The van der Waals surface area contributed by atoms with Gasteiger partial charge in [-0.3, -0.25) is 9.48 Å². The Balaban J connectivity index is 1.38. The minimum absolute atomic E-state index is 0.0103. The van der Waals surface area contributed by atoms with Crippen molar-refractivity contribution in [2.75, 3.05) is 6.61 Å². The van der Waals surface area contributed by atoms with Crippen LogP contribution in [-0.2, 0) is 11.3 Å². The first-order valence-electron chi connectivity index (χ1n) is 12.1.